The average Bonchev–Trinajstić information content (AvgIpc) is 3.00. The van der Waals surface area contributed by atoms with Gasteiger partial charge in [-0.3, -0.25) is 14.3 Å². The van der Waals surface area contributed by atoms with Crippen molar-refractivity contribution in [3.63, 3.8) is 0 Å². The largest absolute Gasteiger partial charge is 0.344 e. The molecule has 2 amide bonds. The Kier molecular flexibility index (Phi) is 4.23. The number of likely N-dealkylation sites (N-methyl/N-ethyl adjacent to an activating group) is 1. The van der Waals surface area contributed by atoms with E-state index in [4.69, 9.17) is 11.6 Å². The van der Waals surface area contributed by atoms with Gasteiger partial charge in [0.05, 0.1) is 6.20 Å². The first-order valence-corrected chi connectivity index (χ1v) is 7.62. The lowest BCUT2D eigenvalue weighted by molar-refractivity contribution is -0.135. The number of rotatable bonds is 3. The van der Waals surface area contributed by atoms with Crippen LogP contribution in [0.3, 0.4) is 0 Å². The van der Waals surface area contributed by atoms with Crippen molar-refractivity contribution in [3.8, 4) is 0 Å². The van der Waals surface area contributed by atoms with Crippen LogP contribution < -0.4 is 5.32 Å². The Balaban J connectivity index is 1.89. The molecule has 0 spiro atoms. The molecule has 0 radical (unpaired) electrons. The highest BCUT2D eigenvalue weighted by atomic mass is 35.5. The maximum Gasteiger partial charge on any atom is 0.238 e. The monoisotopic (exact) mass is 351 g/mol. The summed E-state index contributed by atoms with van der Waals surface area (Å²) in [5.41, 5.74) is 0.629. The normalized spacial score (nSPS) is 20.5. The Morgan fingerprint density at radius 2 is 2.17 bits per heavy atom. The van der Waals surface area contributed by atoms with Gasteiger partial charge in [0, 0.05) is 32.1 Å². The van der Waals surface area contributed by atoms with Crippen LogP contribution in [0, 0.1) is 11.9 Å². The number of carbonyl (C=O) groups excluding carboxylic acids is 2. The molecule has 3 rings (SSSR count). The number of carbonyl (C=O) groups is 2. The van der Waals surface area contributed by atoms with E-state index in [0.717, 1.165) is 0 Å². The van der Waals surface area contributed by atoms with Crippen molar-refractivity contribution in [3.05, 3.63) is 41.1 Å². The van der Waals surface area contributed by atoms with E-state index in [-0.39, 0.29) is 11.7 Å². The quantitative estimate of drug-likeness (QED) is 0.670. The molecule has 1 N–H and O–H groups in total. The van der Waals surface area contributed by atoms with Crippen LogP contribution in [0.25, 0.3) is 0 Å². The number of halogens is 2. The summed E-state index contributed by atoms with van der Waals surface area (Å²) in [7, 11) is 3.30. The maximum absolute atomic E-state index is 13.2. The van der Waals surface area contributed by atoms with Gasteiger partial charge in [-0.05, 0) is 12.1 Å². The Morgan fingerprint density at radius 1 is 1.42 bits per heavy atom. The van der Waals surface area contributed by atoms with Gasteiger partial charge in [-0.1, -0.05) is 17.7 Å². The number of hydrogen-bond donors (Lipinski definition) is 1. The molecule has 2 aromatic rings. The molecule has 0 saturated carbocycles. The third-order valence-electron chi connectivity index (χ3n) is 4.06. The molecule has 3 heterocycles. The Hall–Kier alpha value is -2.48. The lowest BCUT2D eigenvalue weighted by Crippen LogP contribution is -2.33. The summed E-state index contributed by atoms with van der Waals surface area (Å²) in [6.45, 7) is 0.346. The second kappa shape index (κ2) is 6.20. The first-order chi connectivity index (χ1) is 11.4. The minimum absolute atomic E-state index is 0.0541. The predicted molar refractivity (Wildman–Crippen MR) is 84.9 cm³/mol. The molecule has 1 fully saturated rings. The topological polar surface area (TPSA) is 80.1 Å². The minimum Gasteiger partial charge on any atom is -0.344 e. The van der Waals surface area contributed by atoms with E-state index in [0.29, 0.717) is 17.3 Å². The fraction of sp³-hybridized carbons (Fsp3) is 0.333. The summed E-state index contributed by atoms with van der Waals surface area (Å²) in [4.78, 5) is 30.1. The number of anilines is 1. The minimum atomic E-state index is -0.971. The van der Waals surface area contributed by atoms with Gasteiger partial charge in [-0.25, -0.2) is 4.98 Å². The third kappa shape index (κ3) is 2.84. The van der Waals surface area contributed by atoms with Crippen molar-refractivity contribution in [2.24, 2.45) is 13.0 Å². The Labute approximate surface area is 142 Å². The van der Waals surface area contributed by atoms with E-state index in [1.807, 2.05) is 0 Å². The first kappa shape index (κ1) is 16.4. The van der Waals surface area contributed by atoms with E-state index < -0.39 is 23.7 Å². The van der Waals surface area contributed by atoms with Gasteiger partial charge < -0.3 is 10.2 Å². The highest BCUT2D eigenvalue weighted by Gasteiger charge is 2.45. The van der Waals surface area contributed by atoms with Gasteiger partial charge in [0.1, 0.15) is 16.9 Å². The summed E-state index contributed by atoms with van der Waals surface area (Å²) < 4.78 is 14.6. The molecule has 126 valence electrons. The van der Waals surface area contributed by atoms with Crippen LogP contribution in [0.4, 0.5) is 10.2 Å². The van der Waals surface area contributed by atoms with Crippen molar-refractivity contribution in [2.45, 2.75) is 5.92 Å². The molecule has 0 unspecified atom stereocenters. The number of pyridine rings is 1. The van der Waals surface area contributed by atoms with E-state index >= 15 is 0 Å². The highest BCUT2D eigenvalue weighted by molar-refractivity contribution is 6.30. The molecular formula is C15H15ClFN5O2. The number of aromatic nitrogens is 3. The molecule has 7 nitrogen and oxygen atoms in total. The molecule has 1 aliphatic heterocycles. The zero-order valence-corrected chi connectivity index (χ0v) is 13.8. The lowest BCUT2D eigenvalue weighted by atomic mass is 9.89. The van der Waals surface area contributed by atoms with E-state index in [1.54, 1.807) is 20.3 Å². The summed E-state index contributed by atoms with van der Waals surface area (Å²) >= 11 is 6.21. The van der Waals surface area contributed by atoms with Crippen LogP contribution in [0.15, 0.2) is 24.4 Å². The summed E-state index contributed by atoms with van der Waals surface area (Å²) in [6.07, 6.45) is 1.56. The molecule has 2 aromatic heterocycles. The third-order valence-corrected chi connectivity index (χ3v) is 4.52. The number of aryl methyl sites for hydroxylation is 1. The second-order valence-corrected chi connectivity index (χ2v) is 6.01. The first-order valence-electron chi connectivity index (χ1n) is 7.24. The summed E-state index contributed by atoms with van der Waals surface area (Å²) in [6, 6.07) is 4.05. The molecular weight excluding hydrogens is 337 g/mol. The van der Waals surface area contributed by atoms with Gasteiger partial charge in [0.25, 0.3) is 0 Å². The number of nitrogens with one attached hydrogen (secondary N) is 1. The van der Waals surface area contributed by atoms with Crippen LogP contribution in [0.5, 0.6) is 0 Å². The van der Waals surface area contributed by atoms with Gasteiger partial charge in [0.2, 0.25) is 17.8 Å². The predicted octanol–water partition coefficient (Wildman–Crippen LogP) is 1.42. The molecule has 24 heavy (non-hydrogen) atoms. The number of likely N-dealkylation sites (tertiary alicyclic amines) is 1. The zero-order chi connectivity index (χ0) is 17.4. The van der Waals surface area contributed by atoms with Crippen molar-refractivity contribution >= 4 is 29.2 Å². The van der Waals surface area contributed by atoms with Crippen molar-refractivity contribution in [1.29, 1.82) is 0 Å². The number of hydrogen-bond acceptors (Lipinski definition) is 4. The molecule has 0 aliphatic carbocycles. The average molecular weight is 352 g/mol. The van der Waals surface area contributed by atoms with Crippen LogP contribution in [0.2, 0.25) is 5.15 Å². The Morgan fingerprint density at radius 3 is 2.79 bits per heavy atom. The van der Waals surface area contributed by atoms with Gasteiger partial charge in [-0.2, -0.15) is 9.49 Å². The maximum atomic E-state index is 13.2. The second-order valence-electron chi connectivity index (χ2n) is 5.65. The van der Waals surface area contributed by atoms with Gasteiger partial charge in [0.15, 0.2) is 0 Å². The van der Waals surface area contributed by atoms with Crippen LogP contribution in [-0.4, -0.2) is 45.1 Å². The fourth-order valence-electron chi connectivity index (χ4n) is 2.84. The van der Waals surface area contributed by atoms with Crippen molar-refractivity contribution in [1.82, 2.24) is 19.7 Å². The smallest absolute Gasteiger partial charge is 0.238 e. The van der Waals surface area contributed by atoms with E-state index in [1.165, 1.54) is 27.8 Å². The van der Waals surface area contributed by atoms with E-state index in [2.05, 4.69) is 15.4 Å². The molecule has 1 aliphatic rings. The van der Waals surface area contributed by atoms with Gasteiger partial charge >= 0.3 is 0 Å². The van der Waals surface area contributed by atoms with Crippen LogP contribution in [0.1, 0.15) is 11.5 Å². The number of nitrogens with zero attached hydrogens (tertiary/aromatic N) is 4. The molecule has 0 bridgehead atoms. The Bertz CT molecular complexity index is 809. The molecule has 9 heteroatoms. The summed E-state index contributed by atoms with van der Waals surface area (Å²) in [5.74, 6) is -2.94. The zero-order valence-electron chi connectivity index (χ0n) is 13.0. The lowest BCUT2D eigenvalue weighted by Gasteiger charge is -2.15. The molecule has 2 atom stereocenters. The van der Waals surface area contributed by atoms with Gasteiger partial charge in [-0.15, -0.1) is 0 Å². The highest BCUT2D eigenvalue weighted by Crippen LogP contribution is 2.36. The van der Waals surface area contributed by atoms with Crippen LogP contribution in [-0.2, 0) is 16.6 Å². The van der Waals surface area contributed by atoms with Crippen molar-refractivity contribution in [2.75, 3.05) is 18.9 Å². The van der Waals surface area contributed by atoms with E-state index in [9.17, 15) is 14.0 Å². The summed E-state index contributed by atoms with van der Waals surface area (Å²) in [5, 5.41) is 6.93. The molecule has 0 aromatic carbocycles. The standard InChI is InChI=1S/C15H15ClFN5O2/c1-21-7-9(8-6-18-22(2)13(8)16)12(15(21)24)14(23)20-11-5-3-4-10(17)19-11/h3-6,9,12H,7H2,1-2H3,(H,19,20,23)/t9-,12+/m1/s1. The van der Waals surface area contributed by atoms with Crippen molar-refractivity contribution < 1.29 is 14.0 Å². The number of amides is 2. The van der Waals surface area contributed by atoms with Crippen LogP contribution >= 0.6 is 11.6 Å². The SMILES string of the molecule is CN1C[C@H](c2cnn(C)c2Cl)[C@@H](C(=O)Nc2cccc(F)n2)C1=O. The molecule has 1 saturated heterocycles. The fourth-order valence-corrected chi connectivity index (χ4v) is 3.08.